The Morgan fingerprint density at radius 2 is 2.22 bits per heavy atom. The standard InChI is InChI=1S/C16H25N3O3S/c1-12-7-8-17-14(18-12)23(21)11-13-6-5-9-19(10-13)15(20)22-16(2,3)4/h7-8,13H,5-6,9-11H2,1-4H3/t13-,23+/m0/s1. The summed E-state index contributed by atoms with van der Waals surface area (Å²) >= 11 is 0. The second-order valence-corrected chi connectivity index (χ2v) is 8.32. The molecule has 128 valence electrons. The van der Waals surface area contributed by atoms with Gasteiger partial charge in [-0.15, -0.1) is 0 Å². The van der Waals surface area contributed by atoms with Crippen LogP contribution in [0.2, 0.25) is 0 Å². The average Bonchev–Trinajstić information content (AvgIpc) is 2.45. The molecule has 1 aromatic rings. The first kappa shape index (κ1) is 17.8. The van der Waals surface area contributed by atoms with E-state index in [0.717, 1.165) is 18.5 Å². The number of nitrogens with zero attached hydrogens (tertiary/aromatic N) is 3. The van der Waals surface area contributed by atoms with Crippen molar-refractivity contribution < 1.29 is 13.7 Å². The molecule has 0 spiro atoms. The predicted molar refractivity (Wildman–Crippen MR) is 88.6 cm³/mol. The number of likely N-dealkylation sites (tertiary alicyclic amines) is 1. The molecule has 1 aliphatic heterocycles. The van der Waals surface area contributed by atoms with Crippen LogP contribution in [0.25, 0.3) is 0 Å². The molecule has 2 heterocycles. The molecule has 0 aliphatic carbocycles. The second kappa shape index (κ2) is 7.38. The average molecular weight is 339 g/mol. The van der Waals surface area contributed by atoms with Gasteiger partial charge in [0.25, 0.3) is 0 Å². The molecule has 1 fully saturated rings. The topological polar surface area (TPSA) is 72.4 Å². The summed E-state index contributed by atoms with van der Waals surface area (Å²) in [6.07, 6.45) is 3.19. The van der Waals surface area contributed by atoms with Crippen molar-refractivity contribution in [3.05, 3.63) is 18.0 Å². The molecule has 0 bridgehead atoms. The summed E-state index contributed by atoms with van der Waals surface area (Å²) in [6, 6.07) is 1.78. The van der Waals surface area contributed by atoms with E-state index >= 15 is 0 Å². The van der Waals surface area contributed by atoms with Gasteiger partial charge in [0.05, 0.1) is 10.8 Å². The van der Waals surface area contributed by atoms with Crippen molar-refractivity contribution in [2.75, 3.05) is 18.8 Å². The largest absolute Gasteiger partial charge is 0.444 e. The van der Waals surface area contributed by atoms with Gasteiger partial charge < -0.3 is 9.64 Å². The predicted octanol–water partition coefficient (Wildman–Crippen LogP) is 2.54. The van der Waals surface area contributed by atoms with Gasteiger partial charge in [0.15, 0.2) is 0 Å². The van der Waals surface area contributed by atoms with Crippen LogP contribution >= 0.6 is 0 Å². The summed E-state index contributed by atoms with van der Waals surface area (Å²) in [6.45, 7) is 8.70. The molecule has 23 heavy (non-hydrogen) atoms. The van der Waals surface area contributed by atoms with E-state index in [2.05, 4.69) is 9.97 Å². The Kier molecular flexibility index (Phi) is 5.73. The molecule has 0 radical (unpaired) electrons. The Balaban J connectivity index is 1.93. The van der Waals surface area contributed by atoms with Crippen LogP contribution in [0.5, 0.6) is 0 Å². The van der Waals surface area contributed by atoms with E-state index in [0.29, 0.717) is 24.0 Å². The number of aromatic nitrogens is 2. The highest BCUT2D eigenvalue weighted by Gasteiger charge is 2.29. The van der Waals surface area contributed by atoms with Crippen molar-refractivity contribution in [2.45, 2.75) is 51.3 Å². The van der Waals surface area contributed by atoms with Gasteiger partial charge in [-0.2, -0.15) is 0 Å². The molecule has 7 heteroatoms. The number of piperidine rings is 1. The third-order valence-corrected chi connectivity index (χ3v) is 4.91. The van der Waals surface area contributed by atoms with E-state index in [-0.39, 0.29) is 12.0 Å². The van der Waals surface area contributed by atoms with Crippen LogP contribution in [0.3, 0.4) is 0 Å². The van der Waals surface area contributed by atoms with E-state index < -0.39 is 16.4 Å². The van der Waals surface area contributed by atoms with E-state index in [1.165, 1.54) is 0 Å². The number of amides is 1. The SMILES string of the molecule is Cc1ccnc([S@](=O)C[C@H]2CCCN(C(=O)OC(C)(C)C)C2)n1. The molecule has 2 rings (SSSR count). The Morgan fingerprint density at radius 1 is 1.48 bits per heavy atom. The minimum atomic E-state index is -1.24. The molecule has 6 nitrogen and oxygen atoms in total. The summed E-state index contributed by atoms with van der Waals surface area (Å²) in [7, 11) is -1.24. The van der Waals surface area contributed by atoms with Gasteiger partial charge in [-0.25, -0.2) is 14.8 Å². The van der Waals surface area contributed by atoms with Crippen LogP contribution in [0.15, 0.2) is 17.4 Å². The number of carbonyl (C=O) groups excluding carboxylic acids is 1. The summed E-state index contributed by atoms with van der Waals surface area (Å²) in [4.78, 5) is 22.2. The highest BCUT2D eigenvalue weighted by atomic mass is 32.2. The molecule has 1 aliphatic rings. The molecular formula is C16H25N3O3S. The van der Waals surface area contributed by atoms with Crippen molar-refractivity contribution in [3.63, 3.8) is 0 Å². The van der Waals surface area contributed by atoms with E-state index in [4.69, 9.17) is 4.74 Å². The fourth-order valence-corrected chi connectivity index (χ4v) is 3.79. The van der Waals surface area contributed by atoms with Gasteiger partial charge in [-0.1, -0.05) is 0 Å². The molecule has 0 unspecified atom stereocenters. The zero-order valence-electron chi connectivity index (χ0n) is 14.2. The Labute approximate surface area is 140 Å². The maximum atomic E-state index is 12.4. The highest BCUT2D eigenvalue weighted by Crippen LogP contribution is 2.21. The monoisotopic (exact) mass is 339 g/mol. The van der Waals surface area contributed by atoms with E-state index in [1.807, 2.05) is 27.7 Å². The first-order valence-corrected chi connectivity index (χ1v) is 9.22. The summed E-state index contributed by atoms with van der Waals surface area (Å²) in [5, 5.41) is 0.374. The Bertz CT molecular complexity index is 586. The summed E-state index contributed by atoms with van der Waals surface area (Å²) in [5.74, 6) is 0.657. The normalized spacial score (nSPS) is 20.2. The smallest absolute Gasteiger partial charge is 0.410 e. The number of hydrogen-bond donors (Lipinski definition) is 0. The van der Waals surface area contributed by atoms with Gasteiger partial charge in [0.2, 0.25) is 5.16 Å². The van der Waals surface area contributed by atoms with Gasteiger partial charge in [0, 0.05) is 30.7 Å². The van der Waals surface area contributed by atoms with E-state index in [1.54, 1.807) is 17.2 Å². The molecule has 1 saturated heterocycles. The first-order valence-electron chi connectivity index (χ1n) is 7.90. The quantitative estimate of drug-likeness (QED) is 0.791. The lowest BCUT2D eigenvalue weighted by atomic mass is 10.0. The minimum absolute atomic E-state index is 0.182. The van der Waals surface area contributed by atoms with Gasteiger partial charge in [0.1, 0.15) is 5.60 Å². The van der Waals surface area contributed by atoms with Crippen molar-refractivity contribution in [2.24, 2.45) is 5.92 Å². The van der Waals surface area contributed by atoms with Crippen LogP contribution in [-0.4, -0.2) is 49.6 Å². The Hall–Kier alpha value is -1.50. The van der Waals surface area contributed by atoms with Crippen LogP contribution in [0.4, 0.5) is 4.79 Å². The van der Waals surface area contributed by atoms with Crippen molar-refractivity contribution in [3.8, 4) is 0 Å². The molecule has 1 aromatic heterocycles. The maximum absolute atomic E-state index is 12.4. The summed E-state index contributed by atoms with van der Waals surface area (Å²) < 4.78 is 17.8. The van der Waals surface area contributed by atoms with Crippen LogP contribution in [0.1, 0.15) is 39.3 Å². The molecular weight excluding hydrogens is 314 g/mol. The minimum Gasteiger partial charge on any atom is -0.444 e. The van der Waals surface area contributed by atoms with Crippen molar-refractivity contribution >= 4 is 16.9 Å². The molecule has 0 N–H and O–H groups in total. The van der Waals surface area contributed by atoms with Crippen LogP contribution in [0, 0.1) is 12.8 Å². The van der Waals surface area contributed by atoms with Gasteiger partial charge in [-0.05, 0) is 52.5 Å². The molecule has 1 amide bonds. The third-order valence-electron chi connectivity index (χ3n) is 3.53. The third kappa shape index (κ3) is 5.57. The number of rotatable bonds is 3. The molecule has 0 aromatic carbocycles. The van der Waals surface area contributed by atoms with Gasteiger partial charge >= 0.3 is 6.09 Å². The van der Waals surface area contributed by atoms with Crippen molar-refractivity contribution in [1.82, 2.24) is 14.9 Å². The van der Waals surface area contributed by atoms with E-state index in [9.17, 15) is 9.00 Å². The zero-order valence-corrected chi connectivity index (χ0v) is 15.1. The lowest BCUT2D eigenvalue weighted by molar-refractivity contribution is 0.0176. The summed E-state index contributed by atoms with van der Waals surface area (Å²) in [5.41, 5.74) is 0.310. The van der Waals surface area contributed by atoms with Crippen LogP contribution < -0.4 is 0 Å². The number of carbonyl (C=O) groups is 1. The van der Waals surface area contributed by atoms with Crippen LogP contribution in [-0.2, 0) is 15.5 Å². The highest BCUT2D eigenvalue weighted by molar-refractivity contribution is 7.84. The molecule has 2 atom stereocenters. The number of ether oxygens (including phenoxy) is 1. The number of hydrogen-bond acceptors (Lipinski definition) is 5. The lowest BCUT2D eigenvalue weighted by Gasteiger charge is -2.33. The zero-order chi connectivity index (χ0) is 17.0. The second-order valence-electron chi connectivity index (χ2n) is 6.93. The fraction of sp³-hybridized carbons (Fsp3) is 0.688. The maximum Gasteiger partial charge on any atom is 0.410 e. The molecule has 0 saturated carbocycles. The first-order chi connectivity index (χ1) is 10.7. The van der Waals surface area contributed by atoms with Gasteiger partial charge in [-0.3, -0.25) is 4.21 Å². The van der Waals surface area contributed by atoms with Crippen molar-refractivity contribution in [1.29, 1.82) is 0 Å². The number of aryl methyl sites for hydroxylation is 1. The fourth-order valence-electron chi connectivity index (χ4n) is 2.52. The lowest BCUT2D eigenvalue weighted by Crippen LogP contribution is -2.44. The Morgan fingerprint density at radius 3 is 2.87 bits per heavy atom.